The van der Waals surface area contributed by atoms with Crippen molar-refractivity contribution in [3.63, 3.8) is 0 Å². The highest BCUT2D eigenvalue weighted by Gasteiger charge is 2.16. The van der Waals surface area contributed by atoms with E-state index in [9.17, 15) is 5.11 Å². The van der Waals surface area contributed by atoms with Crippen molar-refractivity contribution in [3.05, 3.63) is 48.6 Å². The van der Waals surface area contributed by atoms with Crippen molar-refractivity contribution in [2.45, 2.75) is 12.5 Å². The van der Waals surface area contributed by atoms with Crippen LogP contribution in [0.2, 0.25) is 0 Å². The summed E-state index contributed by atoms with van der Waals surface area (Å²) in [6.07, 6.45) is 1.28. The molecule has 1 aromatic rings. The zero-order chi connectivity index (χ0) is 8.32. The van der Waals surface area contributed by atoms with E-state index >= 15 is 0 Å². The highest BCUT2D eigenvalue weighted by atomic mass is 16.3. The van der Waals surface area contributed by atoms with Crippen molar-refractivity contribution in [2.75, 3.05) is 0 Å². The molecule has 1 aromatic carbocycles. The molecular formula is C10H11O. The monoisotopic (exact) mass is 147 g/mol. The summed E-state index contributed by atoms with van der Waals surface area (Å²) < 4.78 is 0. The predicted octanol–water partition coefficient (Wildman–Crippen LogP) is 1.88. The fourth-order valence-corrected chi connectivity index (χ4v) is 0.872. The number of aliphatic hydroxyl groups is 1. The van der Waals surface area contributed by atoms with Crippen LogP contribution in [0.5, 0.6) is 0 Å². The Balaban J connectivity index is 3.02. The van der Waals surface area contributed by atoms with Crippen LogP contribution in [0.1, 0.15) is 12.5 Å². The van der Waals surface area contributed by atoms with Gasteiger partial charge < -0.3 is 5.11 Å². The van der Waals surface area contributed by atoms with E-state index in [0.717, 1.165) is 5.56 Å². The van der Waals surface area contributed by atoms with E-state index in [1.54, 1.807) is 6.92 Å². The molecule has 57 valence electrons. The Morgan fingerprint density at radius 3 is 2.36 bits per heavy atom. The highest BCUT2D eigenvalue weighted by Crippen LogP contribution is 2.20. The van der Waals surface area contributed by atoms with Crippen LogP contribution in [0.4, 0.5) is 0 Å². The molecule has 0 saturated carbocycles. The minimum atomic E-state index is -1.01. The van der Waals surface area contributed by atoms with E-state index in [1.807, 2.05) is 30.3 Å². The maximum atomic E-state index is 9.61. The standard InChI is InChI=1S/C10H11O/c1-3-10(2,11)9-7-5-4-6-8-9/h1,3-8,11H,2H3. The van der Waals surface area contributed by atoms with Gasteiger partial charge in [-0.1, -0.05) is 36.9 Å². The minimum absolute atomic E-state index is 0.808. The Morgan fingerprint density at radius 2 is 1.91 bits per heavy atom. The van der Waals surface area contributed by atoms with Gasteiger partial charge in [-0.05, 0) is 18.6 Å². The van der Waals surface area contributed by atoms with E-state index in [2.05, 4.69) is 0 Å². The normalized spacial score (nSPS) is 15.5. The topological polar surface area (TPSA) is 20.2 Å². The summed E-state index contributed by atoms with van der Waals surface area (Å²) in [4.78, 5) is 0. The smallest absolute Gasteiger partial charge is 0.105 e. The third-order valence-corrected chi connectivity index (χ3v) is 1.68. The molecule has 1 nitrogen and oxygen atoms in total. The lowest BCUT2D eigenvalue weighted by Gasteiger charge is -2.18. The Labute approximate surface area is 67.0 Å². The molecule has 0 aliphatic heterocycles. The van der Waals surface area contributed by atoms with E-state index in [1.165, 1.54) is 6.08 Å². The molecule has 0 spiro atoms. The third kappa shape index (κ3) is 1.69. The summed E-state index contributed by atoms with van der Waals surface area (Å²) in [5.41, 5.74) is -0.205. The molecular weight excluding hydrogens is 136 g/mol. The molecule has 1 heteroatoms. The summed E-state index contributed by atoms with van der Waals surface area (Å²) in [6.45, 7) is 6.92. The van der Waals surface area contributed by atoms with Gasteiger partial charge in [-0.2, -0.15) is 0 Å². The van der Waals surface area contributed by atoms with E-state index in [-0.39, 0.29) is 0 Å². The van der Waals surface area contributed by atoms with Crippen LogP contribution in [0, 0.1) is 6.58 Å². The van der Waals surface area contributed by atoms with Gasteiger partial charge >= 0.3 is 0 Å². The zero-order valence-electron chi connectivity index (χ0n) is 6.49. The molecule has 1 unspecified atom stereocenters. The van der Waals surface area contributed by atoms with Gasteiger partial charge in [-0.3, -0.25) is 0 Å². The Morgan fingerprint density at radius 1 is 1.36 bits per heavy atom. The largest absolute Gasteiger partial charge is 0.381 e. The predicted molar refractivity (Wildman–Crippen MR) is 44.9 cm³/mol. The second kappa shape index (κ2) is 2.89. The van der Waals surface area contributed by atoms with E-state index in [0.29, 0.717) is 0 Å². The summed E-state index contributed by atoms with van der Waals surface area (Å²) >= 11 is 0. The van der Waals surface area contributed by atoms with Gasteiger partial charge in [0.05, 0.1) is 0 Å². The third-order valence-electron chi connectivity index (χ3n) is 1.68. The van der Waals surface area contributed by atoms with Crippen LogP contribution in [-0.2, 0) is 5.60 Å². The summed E-state index contributed by atoms with van der Waals surface area (Å²) in [5.74, 6) is 0. The molecule has 0 fully saturated rings. The van der Waals surface area contributed by atoms with Gasteiger partial charge in [0.2, 0.25) is 0 Å². The quantitative estimate of drug-likeness (QED) is 0.677. The molecule has 0 saturated heterocycles. The van der Waals surface area contributed by atoms with Gasteiger partial charge in [-0.15, -0.1) is 0 Å². The van der Waals surface area contributed by atoms with Crippen molar-refractivity contribution >= 4 is 0 Å². The molecule has 11 heavy (non-hydrogen) atoms. The van der Waals surface area contributed by atoms with Crippen molar-refractivity contribution in [1.82, 2.24) is 0 Å². The maximum Gasteiger partial charge on any atom is 0.105 e. The van der Waals surface area contributed by atoms with Crippen molar-refractivity contribution in [2.24, 2.45) is 0 Å². The molecule has 0 aliphatic rings. The van der Waals surface area contributed by atoms with Crippen LogP contribution < -0.4 is 0 Å². The van der Waals surface area contributed by atoms with Crippen LogP contribution in [0.3, 0.4) is 0 Å². The lowest BCUT2D eigenvalue weighted by molar-refractivity contribution is 0.111. The highest BCUT2D eigenvalue weighted by molar-refractivity contribution is 5.24. The maximum absolute atomic E-state index is 9.61. The second-order valence-electron chi connectivity index (χ2n) is 2.68. The Hall–Kier alpha value is -1.08. The molecule has 1 radical (unpaired) electrons. The van der Waals surface area contributed by atoms with E-state index in [4.69, 9.17) is 6.58 Å². The molecule has 1 atom stereocenters. The average Bonchev–Trinajstić information content (AvgIpc) is 2.06. The van der Waals surface area contributed by atoms with Gasteiger partial charge in [0, 0.05) is 0 Å². The van der Waals surface area contributed by atoms with Crippen LogP contribution in [0.25, 0.3) is 0 Å². The van der Waals surface area contributed by atoms with Crippen LogP contribution in [-0.4, -0.2) is 5.11 Å². The Kier molecular flexibility index (Phi) is 2.11. The fraction of sp³-hybridized carbons (Fsp3) is 0.200. The zero-order valence-corrected chi connectivity index (χ0v) is 6.49. The molecule has 0 aliphatic carbocycles. The second-order valence-corrected chi connectivity index (χ2v) is 2.68. The number of hydrogen-bond acceptors (Lipinski definition) is 1. The number of hydrogen-bond donors (Lipinski definition) is 1. The van der Waals surface area contributed by atoms with Crippen molar-refractivity contribution < 1.29 is 5.11 Å². The average molecular weight is 147 g/mol. The molecule has 0 heterocycles. The molecule has 1 rings (SSSR count). The van der Waals surface area contributed by atoms with Crippen molar-refractivity contribution in [1.29, 1.82) is 0 Å². The Bertz CT molecular complexity index is 236. The SMILES string of the molecule is [CH]=CC(C)(O)c1ccccc1. The van der Waals surface area contributed by atoms with Crippen LogP contribution in [0.15, 0.2) is 36.4 Å². The number of rotatable bonds is 2. The molecule has 0 aromatic heterocycles. The van der Waals surface area contributed by atoms with Gasteiger partial charge in [-0.25, -0.2) is 0 Å². The van der Waals surface area contributed by atoms with Crippen LogP contribution >= 0.6 is 0 Å². The first kappa shape index (κ1) is 8.02. The first-order valence-corrected chi connectivity index (χ1v) is 3.51. The molecule has 0 amide bonds. The fourth-order valence-electron chi connectivity index (χ4n) is 0.872. The molecule has 1 N–H and O–H groups in total. The summed E-state index contributed by atoms with van der Waals surface area (Å²) in [6, 6.07) is 9.31. The van der Waals surface area contributed by atoms with Gasteiger partial charge in [0.1, 0.15) is 5.60 Å². The van der Waals surface area contributed by atoms with Crippen molar-refractivity contribution in [3.8, 4) is 0 Å². The minimum Gasteiger partial charge on any atom is -0.381 e. The lowest BCUT2D eigenvalue weighted by atomic mass is 9.97. The lowest BCUT2D eigenvalue weighted by Crippen LogP contribution is -2.16. The summed E-state index contributed by atoms with van der Waals surface area (Å²) in [7, 11) is 0. The van der Waals surface area contributed by atoms with Gasteiger partial charge in [0.15, 0.2) is 0 Å². The first-order chi connectivity index (χ1) is 5.17. The summed E-state index contributed by atoms with van der Waals surface area (Å²) in [5, 5.41) is 9.61. The van der Waals surface area contributed by atoms with E-state index < -0.39 is 5.60 Å². The molecule has 0 bridgehead atoms. The first-order valence-electron chi connectivity index (χ1n) is 3.51. The number of benzene rings is 1. The van der Waals surface area contributed by atoms with Gasteiger partial charge in [0.25, 0.3) is 0 Å².